The Bertz CT molecular complexity index is 1340. The van der Waals surface area contributed by atoms with Crippen molar-refractivity contribution in [1.82, 2.24) is 0 Å². The molecule has 1 saturated heterocycles. The maximum absolute atomic E-state index is 10.7. The molecule has 1 heterocycles. The molecule has 1 fully saturated rings. The third-order valence-corrected chi connectivity index (χ3v) is 7.62. The number of aromatic hydroxyl groups is 1. The lowest BCUT2D eigenvalue weighted by molar-refractivity contribution is 0.414. The van der Waals surface area contributed by atoms with E-state index >= 15 is 0 Å². The van der Waals surface area contributed by atoms with E-state index in [0.29, 0.717) is 11.7 Å². The van der Waals surface area contributed by atoms with Crippen LogP contribution in [-0.2, 0) is 0 Å². The summed E-state index contributed by atoms with van der Waals surface area (Å²) in [5.74, 6) is 0.944. The third-order valence-electron chi connectivity index (χ3n) is 7.62. The van der Waals surface area contributed by atoms with Crippen LogP contribution in [0.4, 0.5) is 5.69 Å². The van der Waals surface area contributed by atoms with Gasteiger partial charge in [-0.3, -0.25) is 0 Å². The number of phenolic OH excluding ortho intramolecular Hbond substituents is 1. The van der Waals surface area contributed by atoms with Crippen molar-refractivity contribution in [3.05, 3.63) is 120 Å². The molecular formula is C34H36N2O. The molecule has 5 rings (SSSR count). The molecule has 37 heavy (non-hydrogen) atoms. The average Bonchev–Trinajstić information content (AvgIpc) is 2.97. The first-order valence-corrected chi connectivity index (χ1v) is 13.4. The molecule has 0 aromatic heterocycles. The number of rotatable bonds is 7. The van der Waals surface area contributed by atoms with E-state index in [9.17, 15) is 5.11 Å². The minimum atomic E-state index is 0.295. The fraction of sp³-hybridized carbons (Fsp3) is 0.235. The number of piperidine rings is 1. The molecule has 0 unspecified atom stereocenters. The average molecular weight is 489 g/mol. The third kappa shape index (κ3) is 5.47. The molecule has 0 radical (unpaired) electrons. The number of hydrogen-bond acceptors (Lipinski definition) is 3. The van der Waals surface area contributed by atoms with Crippen LogP contribution in [0.3, 0.4) is 0 Å². The Morgan fingerprint density at radius 2 is 1.41 bits per heavy atom. The van der Waals surface area contributed by atoms with Crippen LogP contribution in [0.1, 0.15) is 42.9 Å². The van der Waals surface area contributed by atoms with Crippen molar-refractivity contribution in [2.45, 2.75) is 26.2 Å². The molecule has 3 heteroatoms. The molecule has 0 atom stereocenters. The van der Waals surface area contributed by atoms with Gasteiger partial charge in [-0.25, -0.2) is 0 Å². The van der Waals surface area contributed by atoms with Crippen LogP contribution >= 0.6 is 0 Å². The molecule has 4 aromatic carbocycles. The monoisotopic (exact) mass is 488 g/mol. The number of allylic oxidation sites excluding steroid dienone is 1. The number of nitrogens with two attached hydrogens (primary N) is 1. The Morgan fingerprint density at radius 3 is 2.03 bits per heavy atom. The molecule has 0 amide bonds. The standard InChI is InChI=1S/C34H36N2O/c1-2-31(26-9-5-3-6-10-26)34(29-15-18-33(37)32(23-29)27-11-7-4-8-12-27)28-13-16-30(17-14-28)36-21-19-25(24-35)20-22-36/h3-18,23,25,37H,2,19-22,24,35H2,1H3. The summed E-state index contributed by atoms with van der Waals surface area (Å²) in [6.07, 6.45) is 3.22. The van der Waals surface area contributed by atoms with Crippen molar-refractivity contribution >= 4 is 16.8 Å². The van der Waals surface area contributed by atoms with Gasteiger partial charge in [0.25, 0.3) is 0 Å². The van der Waals surface area contributed by atoms with Gasteiger partial charge in [0.05, 0.1) is 0 Å². The number of anilines is 1. The number of nitrogens with zero attached hydrogens (tertiary/aromatic N) is 1. The van der Waals surface area contributed by atoms with Gasteiger partial charge < -0.3 is 15.7 Å². The zero-order valence-corrected chi connectivity index (χ0v) is 21.6. The van der Waals surface area contributed by atoms with Crippen LogP contribution in [0.5, 0.6) is 5.75 Å². The summed E-state index contributed by atoms with van der Waals surface area (Å²) in [5, 5.41) is 10.7. The summed E-state index contributed by atoms with van der Waals surface area (Å²) in [7, 11) is 0. The Balaban J connectivity index is 1.59. The van der Waals surface area contributed by atoms with Crippen LogP contribution in [-0.4, -0.2) is 24.7 Å². The highest BCUT2D eigenvalue weighted by Crippen LogP contribution is 2.39. The minimum Gasteiger partial charge on any atom is -0.507 e. The second-order valence-corrected chi connectivity index (χ2v) is 9.88. The summed E-state index contributed by atoms with van der Waals surface area (Å²) >= 11 is 0. The van der Waals surface area contributed by atoms with Gasteiger partial charge in [0, 0.05) is 24.3 Å². The molecule has 4 aromatic rings. The van der Waals surface area contributed by atoms with Crippen molar-refractivity contribution in [3.8, 4) is 16.9 Å². The van der Waals surface area contributed by atoms with E-state index < -0.39 is 0 Å². The largest absolute Gasteiger partial charge is 0.507 e. The maximum Gasteiger partial charge on any atom is 0.123 e. The van der Waals surface area contributed by atoms with Gasteiger partial charge in [0.15, 0.2) is 0 Å². The maximum atomic E-state index is 10.7. The van der Waals surface area contributed by atoms with Gasteiger partial charge >= 0.3 is 0 Å². The minimum absolute atomic E-state index is 0.295. The predicted molar refractivity (Wildman–Crippen MR) is 157 cm³/mol. The van der Waals surface area contributed by atoms with Gasteiger partial charge in [-0.15, -0.1) is 0 Å². The van der Waals surface area contributed by atoms with E-state index in [4.69, 9.17) is 5.73 Å². The molecule has 3 N–H and O–H groups in total. The molecule has 0 aliphatic carbocycles. The van der Waals surface area contributed by atoms with E-state index in [-0.39, 0.29) is 0 Å². The fourth-order valence-electron chi connectivity index (χ4n) is 5.49. The van der Waals surface area contributed by atoms with Crippen LogP contribution in [0.15, 0.2) is 103 Å². The van der Waals surface area contributed by atoms with Crippen molar-refractivity contribution in [2.75, 3.05) is 24.5 Å². The highest BCUT2D eigenvalue weighted by atomic mass is 16.3. The summed E-state index contributed by atoms with van der Waals surface area (Å²) in [6, 6.07) is 35.8. The van der Waals surface area contributed by atoms with E-state index in [1.807, 2.05) is 42.5 Å². The Labute approximate surface area is 220 Å². The number of hydrogen-bond donors (Lipinski definition) is 2. The van der Waals surface area contributed by atoms with Gasteiger partial charge in [-0.2, -0.15) is 0 Å². The smallest absolute Gasteiger partial charge is 0.123 e. The molecule has 0 bridgehead atoms. The van der Waals surface area contributed by atoms with E-state index in [1.54, 1.807) is 0 Å². The zero-order valence-electron chi connectivity index (χ0n) is 21.6. The van der Waals surface area contributed by atoms with Crippen molar-refractivity contribution in [3.63, 3.8) is 0 Å². The Morgan fingerprint density at radius 1 is 0.784 bits per heavy atom. The second-order valence-electron chi connectivity index (χ2n) is 9.88. The van der Waals surface area contributed by atoms with Crippen molar-refractivity contribution in [1.29, 1.82) is 0 Å². The number of benzene rings is 4. The second kappa shape index (κ2) is 11.5. The van der Waals surface area contributed by atoms with E-state index in [2.05, 4.69) is 72.5 Å². The first-order chi connectivity index (χ1) is 18.2. The van der Waals surface area contributed by atoms with Crippen LogP contribution < -0.4 is 10.6 Å². The van der Waals surface area contributed by atoms with Crippen molar-refractivity contribution < 1.29 is 5.11 Å². The molecule has 0 saturated carbocycles. The quantitative estimate of drug-likeness (QED) is 0.263. The van der Waals surface area contributed by atoms with Crippen LogP contribution in [0, 0.1) is 5.92 Å². The molecular weight excluding hydrogens is 452 g/mol. The van der Waals surface area contributed by atoms with Crippen molar-refractivity contribution in [2.24, 2.45) is 11.7 Å². The Hall–Kier alpha value is -3.82. The summed E-state index contributed by atoms with van der Waals surface area (Å²) in [5.41, 5.74) is 15.0. The fourth-order valence-corrected chi connectivity index (χ4v) is 5.49. The summed E-state index contributed by atoms with van der Waals surface area (Å²) < 4.78 is 0. The van der Waals surface area contributed by atoms with Crippen LogP contribution in [0.2, 0.25) is 0 Å². The summed E-state index contributed by atoms with van der Waals surface area (Å²) in [4.78, 5) is 2.48. The lowest BCUT2D eigenvalue weighted by Crippen LogP contribution is -2.36. The number of phenols is 1. The van der Waals surface area contributed by atoms with Gasteiger partial charge in [-0.05, 0) is 89.4 Å². The zero-order chi connectivity index (χ0) is 25.6. The van der Waals surface area contributed by atoms with E-state index in [0.717, 1.165) is 55.6 Å². The first-order valence-electron chi connectivity index (χ1n) is 13.4. The SMILES string of the molecule is CCC(=C(c1ccc(N2CCC(CN)CC2)cc1)c1ccc(O)c(-c2ccccc2)c1)c1ccccc1. The highest BCUT2D eigenvalue weighted by molar-refractivity contribution is 5.99. The van der Waals surface area contributed by atoms with Gasteiger partial charge in [-0.1, -0.05) is 85.8 Å². The molecule has 1 aliphatic heterocycles. The lowest BCUT2D eigenvalue weighted by Gasteiger charge is -2.33. The summed E-state index contributed by atoms with van der Waals surface area (Å²) in [6.45, 7) is 5.13. The predicted octanol–water partition coefficient (Wildman–Crippen LogP) is 7.60. The Kier molecular flexibility index (Phi) is 7.72. The normalized spacial score (nSPS) is 14.9. The molecule has 188 valence electrons. The molecule has 1 aliphatic rings. The topological polar surface area (TPSA) is 49.5 Å². The van der Waals surface area contributed by atoms with Crippen LogP contribution in [0.25, 0.3) is 22.3 Å². The first kappa shape index (κ1) is 24.9. The van der Waals surface area contributed by atoms with E-state index in [1.165, 1.54) is 28.0 Å². The lowest BCUT2D eigenvalue weighted by atomic mass is 9.86. The van der Waals surface area contributed by atoms with Gasteiger partial charge in [0.2, 0.25) is 0 Å². The molecule has 0 spiro atoms. The highest BCUT2D eigenvalue weighted by Gasteiger charge is 2.19. The van der Waals surface area contributed by atoms with Gasteiger partial charge in [0.1, 0.15) is 5.75 Å². The molecule has 3 nitrogen and oxygen atoms in total.